The smallest absolute Gasteiger partial charge is 0.351 e. The molecule has 49 heavy (non-hydrogen) atoms. The molecule has 2 amide bonds. The summed E-state index contributed by atoms with van der Waals surface area (Å²) < 4.78 is 70.0. The Morgan fingerprint density at radius 2 is 1.53 bits per heavy atom. The van der Waals surface area contributed by atoms with Crippen molar-refractivity contribution in [1.29, 1.82) is 0 Å². The Hall–Kier alpha value is -4.45. The molecule has 0 fully saturated rings. The van der Waals surface area contributed by atoms with Crippen LogP contribution in [0.2, 0.25) is 5.02 Å². The van der Waals surface area contributed by atoms with Gasteiger partial charge < -0.3 is 10.6 Å². The molecule has 0 spiro atoms. The van der Waals surface area contributed by atoms with Gasteiger partial charge in [-0.2, -0.15) is 21.6 Å². The maximum absolute atomic E-state index is 13.8. The zero-order valence-electron chi connectivity index (χ0n) is 27.0. The van der Waals surface area contributed by atoms with Gasteiger partial charge in [-0.1, -0.05) is 99.1 Å². The van der Waals surface area contributed by atoms with Crippen molar-refractivity contribution in [3.63, 3.8) is 0 Å². The van der Waals surface area contributed by atoms with Crippen LogP contribution in [0.4, 0.5) is 18.9 Å². The number of allylic oxidation sites excluding steroid dienone is 1. The summed E-state index contributed by atoms with van der Waals surface area (Å²) in [5.41, 5.74) is 3.39. The molecule has 0 radical (unpaired) electrons. The van der Waals surface area contributed by atoms with E-state index in [-0.39, 0.29) is 34.9 Å². The van der Waals surface area contributed by atoms with Crippen LogP contribution in [0.25, 0.3) is 17.2 Å². The molecule has 0 aromatic heterocycles. The van der Waals surface area contributed by atoms with E-state index < -0.39 is 39.4 Å². The highest BCUT2D eigenvalue weighted by Crippen LogP contribution is 2.36. The zero-order chi connectivity index (χ0) is 36.0. The SMILES string of the molecule is CC(C)(C)/C=C\c1ccc(C(Cc2ccc(C(=O)NCCS(=O)(=O)O)cc2)C(=O)Nc2ccc(-c3ccc(C(F)(F)F)cc3Cl)cc2)cc1. The lowest BCUT2D eigenvalue weighted by Gasteiger charge is -2.19. The first kappa shape index (κ1) is 37.4. The molecule has 1 atom stereocenters. The molecule has 4 aromatic carbocycles. The van der Waals surface area contributed by atoms with Crippen molar-refractivity contribution in [2.75, 3.05) is 17.6 Å². The van der Waals surface area contributed by atoms with Gasteiger partial charge in [-0.25, -0.2) is 0 Å². The summed E-state index contributed by atoms with van der Waals surface area (Å²) in [7, 11) is -4.21. The van der Waals surface area contributed by atoms with Gasteiger partial charge in [-0.3, -0.25) is 14.1 Å². The van der Waals surface area contributed by atoms with Crippen molar-refractivity contribution < 1.29 is 35.7 Å². The lowest BCUT2D eigenvalue weighted by Crippen LogP contribution is -2.28. The number of halogens is 4. The maximum atomic E-state index is 13.8. The zero-order valence-corrected chi connectivity index (χ0v) is 28.6. The molecule has 7 nitrogen and oxygen atoms in total. The molecule has 4 aromatic rings. The highest BCUT2D eigenvalue weighted by atomic mass is 35.5. The number of carbonyl (C=O) groups is 2. The van der Waals surface area contributed by atoms with Gasteiger partial charge in [0.15, 0.2) is 0 Å². The normalized spacial score (nSPS) is 12.9. The number of hydrogen-bond acceptors (Lipinski definition) is 4. The van der Waals surface area contributed by atoms with Gasteiger partial charge in [-0.05, 0) is 70.5 Å². The molecule has 1 unspecified atom stereocenters. The predicted octanol–water partition coefficient (Wildman–Crippen LogP) is 8.67. The van der Waals surface area contributed by atoms with E-state index in [4.69, 9.17) is 16.2 Å². The topological polar surface area (TPSA) is 113 Å². The number of carbonyl (C=O) groups excluding carboxylic acids is 2. The number of hydrogen-bond donors (Lipinski definition) is 3. The van der Waals surface area contributed by atoms with E-state index in [2.05, 4.69) is 37.5 Å². The highest BCUT2D eigenvalue weighted by molar-refractivity contribution is 7.85. The van der Waals surface area contributed by atoms with E-state index in [9.17, 15) is 31.2 Å². The van der Waals surface area contributed by atoms with Crippen LogP contribution >= 0.6 is 11.6 Å². The predicted molar refractivity (Wildman–Crippen MR) is 187 cm³/mol. The Morgan fingerprint density at radius 3 is 2.08 bits per heavy atom. The maximum Gasteiger partial charge on any atom is 0.416 e. The van der Waals surface area contributed by atoms with E-state index >= 15 is 0 Å². The highest BCUT2D eigenvalue weighted by Gasteiger charge is 2.31. The molecule has 0 heterocycles. The number of benzene rings is 4. The fraction of sp³-hybridized carbons (Fsp3) is 0.243. The second-order valence-electron chi connectivity index (χ2n) is 12.6. The molecule has 258 valence electrons. The standard InChI is InChI=1S/C37H36ClF3N2O5S/c1-36(2,3)19-18-24-4-8-27(9-5-24)32(22-25-6-10-28(11-7-25)34(44)42-20-21-49(46,47)48)35(45)43-30-15-12-26(13-16-30)31-17-14-29(23-33(31)38)37(39,40)41/h4-19,23,32H,20-22H2,1-3H3,(H,42,44)(H,43,45)(H,46,47,48)/b19-18-. The van der Waals surface area contributed by atoms with Crippen LogP contribution in [0, 0.1) is 5.41 Å². The number of rotatable bonds is 11. The monoisotopic (exact) mass is 712 g/mol. The summed E-state index contributed by atoms with van der Waals surface area (Å²) in [6, 6.07) is 24.0. The van der Waals surface area contributed by atoms with Gasteiger partial charge in [0.05, 0.1) is 17.2 Å². The molecule has 12 heteroatoms. The van der Waals surface area contributed by atoms with Gasteiger partial charge >= 0.3 is 6.18 Å². The van der Waals surface area contributed by atoms with E-state index in [1.54, 1.807) is 48.5 Å². The van der Waals surface area contributed by atoms with Crippen molar-refractivity contribution in [3.05, 3.63) is 130 Å². The second kappa shape index (κ2) is 15.4. The molecule has 0 saturated carbocycles. The third-order valence-electron chi connectivity index (χ3n) is 7.49. The van der Waals surface area contributed by atoms with Crippen molar-refractivity contribution >= 4 is 45.3 Å². The first-order valence-electron chi connectivity index (χ1n) is 15.3. The quantitative estimate of drug-likeness (QED) is 0.135. The molecule has 0 aliphatic carbocycles. The Kier molecular flexibility index (Phi) is 11.7. The van der Waals surface area contributed by atoms with Crippen LogP contribution in [-0.2, 0) is 27.5 Å². The second-order valence-corrected chi connectivity index (χ2v) is 14.6. The van der Waals surface area contributed by atoms with Crippen molar-refractivity contribution in [1.82, 2.24) is 5.32 Å². The average Bonchev–Trinajstić information content (AvgIpc) is 3.02. The fourth-order valence-corrected chi connectivity index (χ4v) is 5.51. The summed E-state index contributed by atoms with van der Waals surface area (Å²) in [5, 5.41) is 5.33. The number of alkyl halides is 3. The van der Waals surface area contributed by atoms with E-state index in [0.717, 1.165) is 28.8 Å². The van der Waals surface area contributed by atoms with Crippen molar-refractivity contribution in [3.8, 4) is 11.1 Å². The minimum Gasteiger partial charge on any atom is -0.351 e. The minimum absolute atomic E-state index is 0.00586. The van der Waals surface area contributed by atoms with Gasteiger partial charge in [0.25, 0.3) is 16.0 Å². The summed E-state index contributed by atoms with van der Waals surface area (Å²) >= 11 is 6.17. The first-order chi connectivity index (χ1) is 22.9. The summed E-state index contributed by atoms with van der Waals surface area (Å²) in [6.07, 6.45) is -0.120. The van der Waals surface area contributed by atoms with Crippen LogP contribution in [0.1, 0.15) is 59.3 Å². The van der Waals surface area contributed by atoms with Crippen molar-refractivity contribution in [2.24, 2.45) is 5.41 Å². The van der Waals surface area contributed by atoms with E-state index in [1.165, 1.54) is 6.07 Å². The van der Waals surface area contributed by atoms with Gasteiger partial charge in [0.2, 0.25) is 5.91 Å². The fourth-order valence-electron chi connectivity index (χ4n) is 4.86. The first-order valence-corrected chi connectivity index (χ1v) is 17.3. The lowest BCUT2D eigenvalue weighted by molar-refractivity contribution is -0.137. The molecule has 0 saturated heterocycles. The van der Waals surface area contributed by atoms with Gasteiger partial charge in [-0.15, -0.1) is 0 Å². The molecular formula is C37H36ClF3N2O5S. The van der Waals surface area contributed by atoms with E-state index in [1.807, 2.05) is 30.3 Å². The van der Waals surface area contributed by atoms with Gasteiger partial charge in [0, 0.05) is 28.4 Å². The van der Waals surface area contributed by atoms with Crippen LogP contribution in [0.15, 0.2) is 97.1 Å². The molecular weight excluding hydrogens is 677 g/mol. The van der Waals surface area contributed by atoms with Gasteiger partial charge in [0.1, 0.15) is 0 Å². The third-order valence-corrected chi connectivity index (χ3v) is 8.53. The van der Waals surface area contributed by atoms with Crippen LogP contribution in [0.3, 0.4) is 0 Å². The average molecular weight is 713 g/mol. The number of amides is 2. The van der Waals surface area contributed by atoms with E-state index in [0.29, 0.717) is 16.8 Å². The molecule has 0 aliphatic rings. The summed E-state index contributed by atoms with van der Waals surface area (Å²) in [6.45, 7) is 6.03. The van der Waals surface area contributed by atoms with Crippen LogP contribution in [0.5, 0.6) is 0 Å². The Morgan fingerprint density at radius 1 is 0.898 bits per heavy atom. The largest absolute Gasteiger partial charge is 0.416 e. The summed E-state index contributed by atoms with van der Waals surface area (Å²) in [5.74, 6) is -2.06. The Balaban J connectivity index is 1.54. The van der Waals surface area contributed by atoms with Crippen LogP contribution < -0.4 is 10.6 Å². The molecule has 0 bridgehead atoms. The molecule has 0 aliphatic heterocycles. The van der Waals surface area contributed by atoms with Crippen LogP contribution in [-0.4, -0.2) is 37.1 Å². The van der Waals surface area contributed by atoms with Crippen molar-refractivity contribution in [2.45, 2.75) is 39.3 Å². The summed E-state index contributed by atoms with van der Waals surface area (Å²) in [4.78, 5) is 26.2. The number of nitrogens with one attached hydrogen (secondary N) is 2. The lowest BCUT2D eigenvalue weighted by atomic mass is 9.89. The molecule has 3 N–H and O–H groups in total. The Bertz CT molecular complexity index is 1920. The molecule has 4 rings (SSSR count). The Labute approximate surface area is 289 Å². The third kappa shape index (κ3) is 11.3. The number of anilines is 1. The minimum atomic E-state index is -4.51.